The lowest BCUT2D eigenvalue weighted by atomic mass is 10.0. The van der Waals surface area contributed by atoms with Gasteiger partial charge in [-0.1, -0.05) is 22.0 Å². The third kappa shape index (κ3) is 3.47. The Morgan fingerprint density at radius 3 is 2.93 bits per heavy atom. The standard InChI is InChI=1S/C20H20BrN3O3S/c1-2-27-18-6-5-15(21)12-19(18)28(25,26)24-10-7-14(8-11-24)17-13-23-20-16(17)4-3-9-22-20/h3-7,9,12-13H,2,8,10-11H2,1H3,(H,22,23). The summed E-state index contributed by atoms with van der Waals surface area (Å²) in [5.41, 5.74) is 3.05. The van der Waals surface area contributed by atoms with Crippen molar-refractivity contribution in [2.75, 3.05) is 19.7 Å². The monoisotopic (exact) mass is 461 g/mol. The zero-order chi connectivity index (χ0) is 19.7. The number of hydrogen-bond donors (Lipinski definition) is 1. The lowest BCUT2D eigenvalue weighted by Crippen LogP contribution is -2.35. The molecule has 8 heteroatoms. The topological polar surface area (TPSA) is 75.3 Å². The third-order valence-corrected chi connectivity index (χ3v) is 7.17. The number of nitrogens with one attached hydrogen (secondary N) is 1. The number of aromatic amines is 1. The van der Waals surface area contributed by atoms with E-state index in [0.717, 1.165) is 22.2 Å². The summed E-state index contributed by atoms with van der Waals surface area (Å²) in [6.45, 7) is 2.98. The number of H-pyrrole nitrogens is 1. The Morgan fingerprint density at radius 2 is 2.18 bits per heavy atom. The number of nitrogens with zero attached hydrogens (tertiary/aromatic N) is 2. The summed E-state index contributed by atoms with van der Waals surface area (Å²) in [5, 5.41) is 1.05. The van der Waals surface area contributed by atoms with Crippen molar-refractivity contribution in [3.05, 3.63) is 58.8 Å². The smallest absolute Gasteiger partial charge is 0.247 e. The van der Waals surface area contributed by atoms with E-state index in [9.17, 15) is 8.42 Å². The molecule has 0 amide bonds. The molecule has 1 aliphatic heterocycles. The van der Waals surface area contributed by atoms with Gasteiger partial charge in [-0.25, -0.2) is 13.4 Å². The number of pyridine rings is 1. The van der Waals surface area contributed by atoms with E-state index in [0.29, 0.717) is 36.3 Å². The number of halogens is 1. The van der Waals surface area contributed by atoms with Crippen molar-refractivity contribution < 1.29 is 13.2 Å². The van der Waals surface area contributed by atoms with Gasteiger partial charge in [0.15, 0.2) is 0 Å². The largest absolute Gasteiger partial charge is 0.492 e. The van der Waals surface area contributed by atoms with Gasteiger partial charge in [0, 0.05) is 40.9 Å². The van der Waals surface area contributed by atoms with E-state index in [1.165, 1.54) is 4.31 Å². The molecular formula is C20H20BrN3O3S. The normalized spacial score (nSPS) is 15.6. The van der Waals surface area contributed by atoms with Crippen LogP contribution in [0.3, 0.4) is 0 Å². The van der Waals surface area contributed by atoms with Crippen molar-refractivity contribution in [1.29, 1.82) is 0 Å². The molecule has 3 heterocycles. The fourth-order valence-corrected chi connectivity index (χ4v) is 5.48. The van der Waals surface area contributed by atoms with Crippen LogP contribution in [0.25, 0.3) is 16.6 Å². The first-order valence-electron chi connectivity index (χ1n) is 9.04. The van der Waals surface area contributed by atoms with Crippen LogP contribution in [0.4, 0.5) is 0 Å². The van der Waals surface area contributed by atoms with Gasteiger partial charge in [-0.2, -0.15) is 4.31 Å². The van der Waals surface area contributed by atoms with Crippen molar-refractivity contribution in [3.8, 4) is 5.75 Å². The first-order chi connectivity index (χ1) is 13.5. The number of benzene rings is 1. The van der Waals surface area contributed by atoms with Gasteiger partial charge in [-0.05, 0) is 49.2 Å². The molecule has 3 aromatic rings. The number of rotatable bonds is 5. The number of aromatic nitrogens is 2. The van der Waals surface area contributed by atoms with Crippen LogP contribution in [0, 0.1) is 0 Å². The molecule has 146 valence electrons. The van der Waals surface area contributed by atoms with Gasteiger partial charge in [0.1, 0.15) is 16.3 Å². The fraction of sp³-hybridized carbons (Fsp3) is 0.250. The van der Waals surface area contributed by atoms with Crippen LogP contribution in [0.1, 0.15) is 18.9 Å². The highest BCUT2D eigenvalue weighted by Crippen LogP contribution is 2.33. The Labute approximate surface area is 172 Å². The summed E-state index contributed by atoms with van der Waals surface area (Å²) < 4.78 is 34.2. The number of ether oxygens (including phenoxy) is 1. The van der Waals surface area contributed by atoms with Gasteiger partial charge in [-0.3, -0.25) is 0 Å². The number of sulfonamides is 1. The van der Waals surface area contributed by atoms with E-state index in [1.807, 2.05) is 31.3 Å². The molecule has 0 unspecified atom stereocenters. The molecule has 0 bridgehead atoms. The van der Waals surface area contributed by atoms with Gasteiger partial charge >= 0.3 is 0 Å². The maximum Gasteiger partial charge on any atom is 0.247 e. The van der Waals surface area contributed by atoms with Crippen LogP contribution in [0.15, 0.2) is 58.2 Å². The average Bonchev–Trinajstić information content (AvgIpc) is 3.14. The first-order valence-corrected chi connectivity index (χ1v) is 11.3. The van der Waals surface area contributed by atoms with Crippen molar-refractivity contribution >= 4 is 42.6 Å². The molecule has 0 radical (unpaired) electrons. The molecule has 1 aliphatic rings. The lowest BCUT2D eigenvalue weighted by Gasteiger charge is -2.26. The first kappa shape index (κ1) is 19.2. The van der Waals surface area contributed by atoms with Crippen LogP contribution in [0.2, 0.25) is 0 Å². The maximum absolute atomic E-state index is 13.2. The SMILES string of the molecule is CCOc1ccc(Br)cc1S(=O)(=O)N1CC=C(c2c[nH]c3ncccc23)CC1. The van der Waals surface area contributed by atoms with Gasteiger partial charge < -0.3 is 9.72 Å². The zero-order valence-corrected chi connectivity index (χ0v) is 17.8. The fourth-order valence-electron chi connectivity index (χ4n) is 3.43. The molecule has 1 aromatic carbocycles. The molecule has 0 saturated heterocycles. The second-order valence-corrected chi connectivity index (χ2v) is 9.29. The Balaban J connectivity index is 1.63. The highest BCUT2D eigenvalue weighted by Gasteiger charge is 2.30. The minimum Gasteiger partial charge on any atom is -0.492 e. The summed E-state index contributed by atoms with van der Waals surface area (Å²) in [5.74, 6) is 0.378. The van der Waals surface area contributed by atoms with Crippen molar-refractivity contribution in [3.63, 3.8) is 0 Å². The number of fused-ring (bicyclic) bond motifs is 1. The molecule has 0 atom stereocenters. The molecule has 28 heavy (non-hydrogen) atoms. The molecule has 0 aliphatic carbocycles. The van der Waals surface area contributed by atoms with E-state index in [2.05, 4.69) is 25.9 Å². The zero-order valence-electron chi connectivity index (χ0n) is 15.4. The summed E-state index contributed by atoms with van der Waals surface area (Å²) in [4.78, 5) is 7.69. The Hall–Kier alpha value is -2.16. The second-order valence-electron chi connectivity index (χ2n) is 6.47. The summed E-state index contributed by atoms with van der Waals surface area (Å²) in [6, 6.07) is 9.00. The predicted molar refractivity (Wildman–Crippen MR) is 113 cm³/mol. The Bertz CT molecular complexity index is 1150. The molecule has 4 rings (SSSR count). The summed E-state index contributed by atoms with van der Waals surface area (Å²) in [7, 11) is -3.66. The van der Waals surface area contributed by atoms with Gasteiger partial charge in [0.2, 0.25) is 10.0 Å². The summed E-state index contributed by atoms with van der Waals surface area (Å²) >= 11 is 3.36. The lowest BCUT2D eigenvalue weighted by molar-refractivity contribution is 0.329. The molecule has 2 aromatic heterocycles. The highest BCUT2D eigenvalue weighted by molar-refractivity contribution is 9.10. The molecular weight excluding hydrogens is 442 g/mol. The average molecular weight is 462 g/mol. The molecule has 0 spiro atoms. The second kappa shape index (κ2) is 7.69. The van der Waals surface area contributed by atoms with E-state index in [1.54, 1.807) is 24.4 Å². The van der Waals surface area contributed by atoms with Gasteiger partial charge in [-0.15, -0.1) is 0 Å². The van der Waals surface area contributed by atoms with Gasteiger partial charge in [0.25, 0.3) is 0 Å². The van der Waals surface area contributed by atoms with Crippen molar-refractivity contribution in [1.82, 2.24) is 14.3 Å². The van der Waals surface area contributed by atoms with E-state index < -0.39 is 10.0 Å². The molecule has 0 fully saturated rings. The van der Waals surface area contributed by atoms with E-state index in [-0.39, 0.29) is 4.90 Å². The van der Waals surface area contributed by atoms with Gasteiger partial charge in [0.05, 0.1) is 6.61 Å². The molecule has 1 N–H and O–H groups in total. The van der Waals surface area contributed by atoms with Crippen LogP contribution >= 0.6 is 15.9 Å². The third-order valence-electron chi connectivity index (χ3n) is 4.79. The molecule has 0 saturated carbocycles. The molecule has 6 nitrogen and oxygen atoms in total. The van der Waals surface area contributed by atoms with Crippen molar-refractivity contribution in [2.24, 2.45) is 0 Å². The summed E-state index contributed by atoms with van der Waals surface area (Å²) in [6.07, 6.45) is 6.31. The quantitative estimate of drug-likeness (QED) is 0.617. The highest BCUT2D eigenvalue weighted by atomic mass is 79.9. The van der Waals surface area contributed by atoms with Crippen LogP contribution in [0.5, 0.6) is 5.75 Å². The number of hydrogen-bond acceptors (Lipinski definition) is 4. The van der Waals surface area contributed by atoms with E-state index in [4.69, 9.17) is 4.74 Å². The van der Waals surface area contributed by atoms with Crippen LogP contribution in [-0.2, 0) is 10.0 Å². The van der Waals surface area contributed by atoms with E-state index >= 15 is 0 Å². The Morgan fingerprint density at radius 1 is 1.32 bits per heavy atom. The maximum atomic E-state index is 13.2. The predicted octanol–water partition coefficient (Wildman–Crippen LogP) is 4.20. The Kier molecular flexibility index (Phi) is 5.27. The van der Waals surface area contributed by atoms with Crippen molar-refractivity contribution in [2.45, 2.75) is 18.2 Å². The minimum absolute atomic E-state index is 0.192. The van der Waals surface area contributed by atoms with Crippen LogP contribution in [-0.4, -0.2) is 42.4 Å². The van der Waals surface area contributed by atoms with Crippen LogP contribution < -0.4 is 4.74 Å². The minimum atomic E-state index is -3.66.